The molecular formula is C27H43FN2O10. The van der Waals surface area contributed by atoms with Crippen LogP contribution < -0.4 is 0 Å². The summed E-state index contributed by atoms with van der Waals surface area (Å²) >= 11 is 0. The summed E-state index contributed by atoms with van der Waals surface area (Å²) in [5.41, 5.74) is -1.19. The van der Waals surface area contributed by atoms with E-state index in [1.54, 1.807) is 71.9 Å². The summed E-state index contributed by atoms with van der Waals surface area (Å²) in [6.07, 6.45) is -2.44. The molecule has 0 radical (unpaired) electrons. The second kappa shape index (κ2) is 16.3. The van der Waals surface area contributed by atoms with Crippen LogP contribution in [0.3, 0.4) is 0 Å². The third-order valence-corrected chi connectivity index (χ3v) is 4.75. The van der Waals surface area contributed by atoms with E-state index in [9.17, 15) is 14.4 Å². The van der Waals surface area contributed by atoms with Crippen molar-refractivity contribution in [2.24, 2.45) is 0 Å². The zero-order chi connectivity index (χ0) is 30.4. The minimum atomic E-state index is -3.10. The average Bonchev–Trinajstić information content (AvgIpc) is 2.85. The lowest BCUT2D eigenvalue weighted by Crippen LogP contribution is -2.56. The van der Waals surface area contributed by atoms with E-state index in [4.69, 9.17) is 33.4 Å². The lowest BCUT2D eigenvalue weighted by atomic mass is 10.1. The van der Waals surface area contributed by atoms with Gasteiger partial charge in [-0.15, -0.1) is 5.06 Å². The van der Waals surface area contributed by atoms with E-state index in [-0.39, 0.29) is 37.8 Å². The SMILES string of the molecule is COCON(CCCC[C@](F)(C(=O)OCc1ccccc1)N(OCOC)C(=O)OC(C)(C)C)C(=O)OC(C)(C)C. The molecular weight excluding hydrogens is 531 g/mol. The minimum Gasteiger partial charge on any atom is -0.457 e. The Morgan fingerprint density at radius 1 is 0.800 bits per heavy atom. The Kier molecular flexibility index (Phi) is 14.3. The second-order valence-electron chi connectivity index (χ2n) is 10.7. The Balaban J connectivity index is 3.12. The standard InChI is InChI=1S/C27H43FN2O10/c1-25(2,3)39-23(32)29(37-19-34-7)17-13-12-16-27(28,22(31)36-18-21-14-10-9-11-15-21)30(38-20-35-8)24(33)40-26(4,5)6/h9-11,14-15H,12-13,16-20H2,1-8H3/t27-/m1/s1. The number of alkyl halides is 1. The number of hydroxylamine groups is 4. The number of benzene rings is 1. The van der Waals surface area contributed by atoms with Gasteiger partial charge in [-0.3, -0.25) is 0 Å². The number of carbonyl (C=O) groups excluding carboxylic acids is 3. The maximum atomic E-state index is 16.6. The van der Waals surface area contributed by atoms with Gasteiger partial charge in [0, 0.05) is 20.6 Å². The minimum absolute atomic E-state index is 0.0117. The molecule has 228 valence electrons. The van der Waals surface area contributed by atoms with E-state index < -0.39 is 48.4 Å². The van der Waals surface area contributed by atoms with Crippen LogP contribution >= 0.6 is 0 Å². The molecule has 0 saturated carbocycles. The highest BCUT2D eigenvalue weighted by Gasteiger charge is 2.51. The molecule has 0 aliphatic rings. The first-order valence-electron chi connectivity index (χ1n) is 12.8. The number of unbranched alkanes of at least 4 members (excludes halogenated alkanes) is 1. The third kappa shape index (κ3) is 12.9. The summed E-state index contributed by atoms with van der Waals surface area (Å²) in [5.74, 6) is -4.46. The Labute approximate surface area is 235 Å². The van der Waals surface area contributed by atoms with Crippen molar-refractivity contribution in [1.82, 2.24) is 10.1 Å². The number of ether oxygens (including phenoxy) is 5. The molecule has 13 heteroatoms. The number of hydrogen-bond acceptors (Lipinski definition) is 10. The van der Waals surface area contributed by atoms with Gasteiger partial charge in [-0.05, 0) is 59.9 Å². The lowest BCUT2D eigenvalue weighted by molar-refractivity contribution is -0.279. The van der Waals surface area contributed by atoms with E-state index in [0.29, 0.717) is 5.56 Å². The molecule has 0 unspecified atom stereocenters. The Hall–Kier alpha value is -3.00. The number of nitrogens with zero attached hydrogens (tertiary/aromatic N) is 2. The van der Waals surface area contributed by atoms with E-state index in [1.807, 2.05) is 0 Å². The number of rotatable bonds is 15. The highest BCUT2D eigenvalue weighted by Crippen LogP contribution is 2.30. The summed E-state index contributed by atoms with van der Waals surface area (Å²) < 4.78 is 42.2. The van der Waals surface area contributed by atoms with E-state index in [2.05, 4.69) is 0 Å². The van der Waals surface area contributed by atoms with Crippen LogP contribution in [0.25, 0.3) is 0 Å². The van der Waals surface area contributed by atoms with E-state index >= 15 is 4.39 Å². The van der Waals surface area contributed by atoms with E-state index in [0.717, 1.165) is 5.06 Å². The topological polar surface area (TPSA) is 122 Å². The fourth-order valence-corrected chi connectivity index (χ4v) is 3.08. The molecule has 1 aromatic rings. The first-order valence-corrected chi connectivity index (χ1v) is 12.8. The fraction of sp³-hybridized carbons (Fsp3) is 0.667. The van der Waals surface area contributed by atoms with Crippen LogP contribution in [0.4, 0.5) is 14.0 Å². The maximum absolute atomic E-state index is 16.6. The molecule has 0 spiro atoms. The van der Waals surface area contributed by atoms with Crippen LogP contribution in [-0.4, -0.2) is 79.6 Å². The Morgan fingerprint density at radius 3 is 1.90 bits per heavy atom. The number of hydrogen-bond donors (Lipinski definition) is 0. The first-order chi connectivity index (χ1) is 18.6. The molecule has 40 heavy (non-hydrogen) atoms. The predicted octanol–water partition coefficient (Wildman–Crippen LogP) is 5.11. The van der Waals surface area contributed by atoms with Crippen molar-refractivity contribution in [2.45, 2.75) is 84.4 Å². The van der Waals surface area contributed by atoms with Crippen LogP contribution in [0.1, 0.15) is 66.4 Å². The van der Waals surface area contributed by atoms with Crippen LogP contribution in [0.2, 0.25) is 0 Å². The van der Waals surface area contributed by atoms with Crippen LogP contribution in [0.15, 0.2) is 30.3 Å². The van der Waals surface area contributed by atoms with Crippen molar-refractivity contribution >= 4 is 18.2 Å². The molecule has 0 heterocycles. The van der Waals surface area contributed by atoms with Gasteiger partial charge < -0.3 is 23.7 Å². The monoisotopic (exact) mass is 574 g/mol. The number of methoxy groups -OCH3 is 2. The smallest absolute Gasteiger partial charge is 0.438 e. The summed E-state index contributed by atoms with van der Waals surface area (Å²) in [6, 6.07) is 8.66. The summed E-state index contributed by atoms with van der Waals surface area (Å²) in [5, 5.41) is 1.14. The highest BCUT2D eigenvalue weighted by atomic mass is 19.1. The molecule has 0 aromatic heterocycles. The molecule has 0 aliphatic carbocycles. The molecule has 1 rings (SSSR count). The van der Waals surface area contributed by atoms with Gasteiger partial charge in [0.05, 0.1) is 6.54 Å². The molecule has 1 aromatic carbocycles. The average molecular weight is 575 g/mol. The Bertz CT molecular complexity index is 920. The molecule has 0 fully saturated rings. The third-order valence-electron chi connectivity index (χ3n) is 4.75. The van der Waals surface area contributed by atoms with Crippen LogP contribution in [0.5, 0.6) is 0 Å². The maximum Gasteiger partial charge on any atom is 0.438 e. The van der Waals surface area contributed by atoms with E-state index in [1.165, 1.54) is 14.2 Å². The normalized spacial score (nSPS) is 13.2. The van der Waals surface area contributed by atoms with Gasteiger partial charge in [0.25, 0.3) is 0 Å². The molecule has 0 saturated heterocycles. The molecule has 0 bridgehead atoms. The quantitative estimate of drug-likeness (QED) is 0.0697. The molecule has 1 atom stereocenters. The van der Waals surface area contributed by atoms with Crippen molar-refractivity contribution in [3.63, 3.8) is 0 Å². The number of amides is 2. The van der Waals surface area contributed by atoms with Crippen LogP contribution in [0, 0.1) is 0 Å². The van der Waals surface area contributed by atoms with Crippen LogP contribution in [-0.2, 0) is 44.8 Å². The largest absolute Gasteiger partial charge is 0.457 e. The van der Waals surface area contributed by atoms with Crippen molar-refractivity contribution in [1.29, 1.82) is 0 Å². The molecule has 0 aliphatic heterocycles. The van der Waals surface area contributed by atoms with Gasteiger partial charge in [0.2, 0.25) is 0 Å². The zero-order valence-electron chi connectivity index (χ0n) is 24.7. The number of esters is 1. The van der Waals surface area contributed by atoms with Crippen molar-refractivity contribution < 1.29 is 52.1 Å². The summed E-state index contributed by atoms with van der Waals surface area (Å²) in [4.78, 5) is 49.1. The summed E-state index contributed by atoms with van der Waals surface area (Å²) in [6.45, 7) is 8.79. The van der Waals surface area contributed by atoms with Gasteiger partial charge in [0.15, 0.2) is 13.6 Å². The van der Waals surface area contributed by atoms with Gasteiger partial charge in [-0.2, -0.15) is 5.06 Å². The van der Waals surface area contributed by atoms with Crippen molar-refractivity contribution in [3.8, 4) is 0 Å². The molecule has 2 amide bonds. The highest BCUT2D eigenvalue weighted by molar-refractivity contribution is 5.83. The van der Waals surface area contributed by atoms with Crippen molar-refractivity contribution in [2.75, 3.05) is 34.4 Å². The van der Waals surface area contributed by atoms with Gasteiger partial charge in [-0.1, -0.05) is 30.3 Å². The first kappa shape index (κ1) is 35.0. The molecule has 12 nitrogen and oxygen atoms in total. The number of halogens is 1. The van der Waals surface area contributed by atoms with Gasteiger partial charge in [0.1, 0.15) is 17.8 Å². The second-order valence-corrected chi connectivity index (χ2v) is 10.7. The van der Waals surface area contributed by atoms with Gasteiger partial charge in [-0.25, -0.2) is 28.4 Å². The molecule has 0 N–H and O–H groups in total. The summed E-state index contributed by atoms with van der Waals surface area (Å²) in [7, 11) is 2.66. The van der Waals surface area contributed by atoms with Crippen molar-refractivity contribution in [3.05, 3.63) is 35.9 Å². The fourth-order valence-electron chi connectivity index (χ4n) is 3.08. The Morgan fingerprint density at radius 2 is 1.35 bits per heavy atom. The predicted molar refractivity (Wildman–Crippen MR) is 141 cm³/mol. The zero-order valence-corrected chi connectivity index (χ0v) is 24.7. The van der Waals surface area contributed by atoms with Gasteiger partial charge >= 0.3 is 23.9 Å². The lowest BCUT2D eigenvalue weighted by Gasteiger charge is -2.35. The number of carbonyl (C=O) groups is 3.